The Morgan fingerprint density at radius 1 is 1.10 bits per heavy atom. The molecular formula is C23H33N3O3. The van der Waals surface area contributed by atoms with Gasteiger partial charge in [0.15, 0.2) is 0 Å². The second-order valence-electron chi connectivity index (χ2n) is 7.04. The van der Waals surface area contributed by atoms with E-state index in [0.29, 0.717) is 24.8 Å². The molecule has 29 heavy (non-hydrogen) atoms. The fourth-order valence-corrected chi connectivity index (χ4v) is 3.23. The molecular weight excluding hydrogens is 366 g/mol. The number of aromatic nitrogens is 2. The van der Waals surface area contributed by atoms with Crippen LogP contribution in [-0.2, 0) is 18.3 Å². The lowest BCUT2D eigenvalue weighted by molar-refractivity contribution is 0.215. The molecule has 0 saturated heterocycles. The summed E-state index contributed by atoms with van der Waals surface area (Å²) in [5.41, 5.74) is 4.70. The van der Waals surface area contributed by atoms with Gasteiger partial charge in [0.05, 0.1) is 19.1 Å². The number of unbranched alkanes of at least 4 members (excludes halogenated alkanes) is 2. The predicted molar refractivity (Wildman–Crippen MR) is 117 cm³/mol. The van der Waals surface area contributed by atoms with Gasteiger partial charge in [-0.15, -0.1) is 0 Å². The topological polar surface area (TPSA) is 57.9 Å². The van der Waals surface area contributed by atoms with Crippen molar-refractivity contribution in [3.8, 4) is 11.6 Å². The predicted octanol–water partition coefficient (Wildman–Crippen LogP) is 4.76. The smallest absolute Gasteiger partial charge is 0.222 e. The Hall–Kier alpha value is -2.76. The standard InChI is InChI=1S/C23H33N3O3/c1-6-7-12-28-20-14-18(2)21(19(3)15-20)11-9-8-10-13-29-23-22(16-25-27-5)24-17-26(23)4/h6-7,14-17H,8-13H2,1-5H3/b7-6+,25-16+. The van der Waals surface area contributed by atoms with Crippen molar-refractivity contribution in [3.63, 3.8) is 0 Å². The number of benzene rings is 1. The van der Waals surface area contributed by atoms with Gasteiger partial charge in [0, 0.05) is 7.05 Å². The van der Waals surface area contributed by atoms with E-state index in [1.54, 1.807) is 12.5 Å². The van der Waals surface area contributed by atoms with Crippen molar-refractivity contribution in [3.05, 3.63) is 53.0 Å². The highest BCUT2D eigenvalue weighted by Gasteiger charge is 2.09. The Morgan fingerprint density at radius 3 is 2.55 bits per heavy atom. The summed E-state index contributed by atoms with van der Waals surface area (Å²) < 4.78 is 13.5. The van der Waals surface area contributed by atoms with Crippen LogP contribution in [0.15, 0.2) is 35.8 Å². The van der Waals surface area contributed by atoms with Gasteiger partial charge in [-0.1, -0.05) is 17.3 Å². The summed E-state index contributed by atoms with van der Waals surface area (Å²) in [6.07, 6.45) is 11.6. The summed E-state index contributed by atoms with van der Waals surface area (Å²) in [4.78, 5) is 8.97. The number of hydrogen-bond donors (Lipinski definition) is 0. The van der Waals surface area contributed by atoms with Crippen molar-refractivity contribution in [2.45, 2.75) is 46.5 Å². The molecule has 1 aromatic carbocycles. The number of aryl methyl sites for hydroxylation is 3. The highest BCUT2D eigenvalue weighted by atomic mass is 16.6. The van der Waals surface area contributed by atoms with Crippen molar-refractivity contribution < 1.29 is 14.3 Å². The van der Waals surface area contributed by atoms with E-state index in [1.807, 2.05) is 30.7 Å². The summed E-state index contributed by atoms with van der Waals surface area (Å²) in [6.45, 7) is 7.60. The van der Waals surface area contributed by atoms with Crippen LogP contribution in [0.2, 0.25) is 0 Å². The SMILES string of the molecule is C/C=C/COc1cc(C)c(CCCCCOc2c(/C=N/OC)ncn2C)c(C)c1. The number of allylic oxidation sites excluding steroid dienone is 1. The highest BCUT2D eigenvalue weighted by Crippen LogP contribution is 2.24. The molecule has 2 rings (SSSR count). The van der Waals surface area contributed by atoms with Gasteiger partial charge in [-0.05, 0) is 75.3 Å². The van der Waals surface area contributed by atoms with Gasteiger partial charge in [-0.2, -0.15) is 0 Å². The molecule has 2 aromatic rings. The molecule has 0 aliphatic carbocycles. The Labute approximate surface area is 174 Å². The first-order valence-electron chi connectivity index (χ1n) is 10.1. The maximum absolute atomic E-state index is 5.90. The number of hydrogen-bond acceptors (Lipinski definition) is 5. The lowest BCUT2D eigenvalue weighted by Gasteiger charge is -2.13. The summed E-state index contributed by atoms with van der Waals surface area (Å²) in [5, 5.41) is 3.76. The van der Waals surface area contributed by atoms with Gasteiger partial charge < -0.3 is 18.9 Å². The molecule has 6 heteroatoms. The van der Waals surface area contributed by atoms with Crippen LogP contribution in [0.4, 0.5) is 0 Å². The molecule has 0 fully saturated rings. The van der Waals surface area contributed by atoms with Crippen molar-refractivity contribution in [1.82, 2.24) is 9.55 Å². The van der Waals surface area contributed by atoms with E-state index in [9.17, 15) is 0 Å². The maximum atomic E-state index is 5.90. The van der Waals surface area contributed by atoms with Crippen LogP contribution in [0.3, 0.4) is 0 Å². The molecule has 158 valence electrons. The third kappa shape index (κ3) is 6.97. The molecule has 0 saturated carbocycles. The summed E-state index contributed by atoms with van der Waals surface area (Å²) >= 11 is 0. The minimum absolute atomic E-state index is 0.616. The van der Waals surface area contributed by atoms with Gasteiger partial charge in [0.2, 0.25) is 5.88 Å². The largest absolute Gasteiger partial charge is 0.490 e. The monoisotopic (exact) mass is 399 g/mol. The molecule has 0 amide bonds. The third-order valence-electron chi connectivity index (χ3n) is 4.75. The Bertz CT molecular complexity index is 802. The Morgan fingerprint density at radius 2 is 1.86 bits per heavy atom. The van der Waals surface area contributed by atoms with Gasteiger partial charge in [0.25, 0.3) is 0 Å². The van der Waals surface area contributed by atoms with Crippen LogP contribution in [0.5, 0.6) is 11.6 Å². The highest BCUT2D eigenvalue weighted by molar-refractivity contribution is 5.79. The Kier molecular flexibility index (Phi) is 9.28. The van der Waals surface area contributed by atoms with E-state index in [0.717, 1.165) is 31.4 Å². The summed E-state index contributed by atoms with van der Waals surface area (Å²) in [5.74, 6) is 1.66. The first-order valence-corrected chi connectivity index (χ1v) is 10.1. The second-order valence-corrected chi connectivity index (χ2v) is 7.04. The summed E-state index contributed by atoms with van der Waals surface area (Å²) in [6, 6.07) is 4.28. The van der Waals surface area contributed by atoms with Gasteiger partial charge >= 0.3 is 0 Å². The van der Waals surface area contributed by atoms with Gasteiger partial charge in [-0.25, -0.2) is 4.98 Å². The average molecular weight is 400 g/mol. The zero-order valence-corrected chi connectivity index (χ0v) is 18.3. The molecule has 0 aliphatic rings. The number of rotatable bonds is 12. The Balaban J connectivity index is 1.77. The van der Waals surface area contributed by atoms with Crippen LogP contribution >= 0.6 is 0 Å². The average Bonchev–Trinajstić information content (AvgIpc) is 3.04. The van der Waals surface area contributed by atoms with Gasteiger partial charge in [-0.3, -0.25) is 0 Å². The van der Waals surface area contributed by atoms with Crippen LogP contribution < -0.4 is 9.47 Å². The molecule has 0 spiro atoms. The van der Waals surface area contributed by atoms with E-state index < -0.39 is 0 Å². The number of imidazole rings is 1. The molecule has 6 nitrogen and oxygen atoms in total. The van der Waals surface area contributed by atoms with Crippen LogP contribution in [0.25, 0.3) is 0 Å². The second kappa shape index (κ2) is 11.9. The van der Waals surface area contributed by atoms with Crippen LogP contribution in [-0.4, -0.2) is 36.1 Å². The van der Waals surface area contributed by atoms with Crippen molar-refractivity contribution in [2.24, 2.45) is 12.2 Å². The molecule has 0 radical (unpaired) electrons. The fraction of sp³-hybridized carbons (Fsp3) is 0.478. The molecule has 1 heterocycles. The van der Waals surface area contributed by atoms with Crippen molar-refractivity contribution >= 4 is 6.21 Å². The maximum Gasteiger partial charge on any atom is 0.222 e. The fourth-order valence-electron chi connectivity index (χ4n) is 3.23. The molecule has 0 bridgehead atoms. The lowest BCUT2D eigenvalue weighted by Crippen LogP contribution is -2.04. The number of nitrogens with zero attached hydrogens (tertiary/aromatic N) is 3. The third-order valence-corrected chi connectivity index (χ3v) is 4.75. The zero-order chi connectivity index (χ0) is 21.1. The molecule has 1 aromatic heterocycles. The quantitative estimate of drug-likeness (QED) is 0.223. The molecule has 0 unspecified atom stereocenters. The van der Waals surface area contributed by atoms with Crippen LogP contribution in [0, 0.1) is 13.8 Å². The lowest BCUT2D eigenvalue weighted by atomic mass is 9.97. The van der Waals surface area contributed by atoms with E-state index >= 15 is 0 Å². The first kappa shape index (κ1) is 22.5. The minimum Gasteiger partial charge on any atom is -0.490 e. The van der Waals surface area contributed by atoms with Crippen molar-refractivity contribution in [2.75, 3.05) is 20.3 Å². The molecule has 0 aliphatic heterocycles. The van der Waals surface area contributed by atoms with E-state index in [1.165, 1.54) is 23.8 Å². The number of oxime groups is 1. The van der Waals surface area contributed by atoms with Gasteiger partial charge in [0.1, 0.15) is 25.2 Å². The molecule has 0 atom stereocenters. The van der Waals surface area contributed by atoms with Crippen LogP contribution in [0.1, 0.15) is 48.6 Å². The summed E-state index contributed by atoms with van der Waals surface area (Å²) in [7, 11) is 3.41. The van der Waals surface area contributed by atoms with E-state index in [-0.39, 0.29) is 0 Å². The minimum atomic E-state index is 0.616. The normalized spacial score (nSPS) is 11.5. The van der Waals surface area contributed by atoms with E-state index in [2.05, 4.69) is 36.1 Å². The van der Waals surface area contributed by atoms with Crippen molar-refractivity contribution in [1.29, 1.82) is 0 Å². The first-order chi connectivity index (χ1) is 14.1. The molecule has 0 N–H and O–H groups in total. The number of ether oxygens (including phenoxy) is 2. The zero-order valence-electron chi connectivity index (χ0n) is 18.3. The van der Waals surface area contributed by atoms with E-state index in [4.69, 9.17) is 14.3 Å².